The molecule has 5 heteroatoms. The van der Waals surface area contributed by atoms with Crippen LogP contribution in [0.4, 0.5) is 5.69 Å². The van der Waals surface area contributed by atoms with E-state index in [4.69, 9.17) is 9.47 Å². The predicted molar refractivity (Wildman–Crippen MR) is 60.7 cm³/mol. The molecule has 0 saturated heterocycles. The van der Waals surface area contributed by atoms with Gasteiger partial charge in [0, 0.05) is 0 Å². The summed E-state index contributed by atoms with van der Waals surface area (Å²) in [5.74, 6) is -0.746. The summed E-state index contributed by atoms with van der Waals surface area (Å²) in [4.78, 5) is 23.6. The normalized spacial score (nSPS) is 22.1. The van der Waals surface area contributed by atoms with Crippen LogP contribution in [0, 0.1) is 0 Å². The van der Waals surface area contributed by atoms with Gasteiger partial charge in [-0.05, 0) is 26.0 Å². The van der Waals surface area contributed by atoms with E-state index >= 15 is 0 Å². The average Bonchev–Trinajstić information content (AvgIpc) is 2.31. The molecule has 0 fully saturated rings. The Morgan fingerprint density at radius 3 is 2.88 bits per heavy atom. The Bertz CT molecular complexity index is 471. The predicted octanol–water partition coefficient (Wildman–Crippen LogP) is 1.34. The van der Waals surface area contributed by atoms with Crippen molar-refractivity contribution in [2.75, 3.05) is 11.9 Å². The first-order chi connectivity index (χ1) is 8.08. The number of nitrogens with one attached hydrogen (secondary N) is 1. The number of carbonyl (C=O) groups is 2. The number of carbonyl (C=O) groups excluding carboxylic acids is 2. The lowest BCUT2D eigenvalue weighted by Gasteiger charge is -2.32. The van der Waals surface area contributed by atoms with E-state index in [-0.39, 0.29) is 6.61 Å². The van der Waals surface area contributed by atoms with Gasteiger partial charge in [0.15, 0.2) is 0 Å². The second kappa shape index (κ2) is 4.08. The van der Waals surface area contributed by atoms with Crippen LogP contribution in [0.15, 0.2) is 24.3 Å². The molecule has 0 spiro atoms. The van der Waals surface area contributed by atoms with Crippen LogP contribution in [0.2, 0.25) is 0 Å². The van der Waals surface area contributed by atoms with Gasteiger partial charge >= 0.3 is 5.97 Å². The Morgan fingerprint density at radius 1 is 1.47 bits per heavy atom. The number of amides is 1. The average molecular weight is 235 g/mol. The SMILES string of the molecule is CCOC(=O)[C@]1(C)Oc2ccccc2NC1=O. The van der Waals surface area contributed by atoms with Gasteiger partial charge in [0.1, 0.15) is 5.75 Å². The smallest absolute Gasteiger partial charge is 0.360 e. The maximum absolute atomic E-state index is 11.9. The fourth-order valence-electron chi connectivity index (χ4n) is 1.57. The van der Waals surface area contributed by atoms with E-state index < -0.39 is 17.5 Å². The molecule has 0 saturated carbocycles. The van der Waals surface area contributed by atoms with E-state index in [1.54, 1.807) is 31.2 Å². The molecule has 0 bridgehead atoms. The molecule has 0 aliphatic carbocycles. The summed E-state index contributed by atoms with van der Waals surface area (Å²) < 4.78 is 10.3. The third-order valence-electron chi connectivity index (χ3n) is 2.55. The Balaban J connectivity index is 2.34. The molecule has 5 nitrogen and oxygen atoms in total. The lowest BCUT2D eigenvalue weighted by atomic mass is 10.0. The van der Waals surface area contributed by atoms with Gasteiger partial charge in [-0.15, -0.1) is 0 Å². The largest absolute Gasteiger partial charge is 0.464 e. The molecule has 1 amide bonds. The molecule has 0 unspecified atom stereocenters. The van der Waals surface area contributed by atoms with Crippen LogP contribution in [0.3, 0.4) is 0 Å². The van der Waals surface area contributed by atoms with Crippen molar-refractivity contribution in [3.63, 3.8) is 0 Å². The van der Waals surface area contributed by atoms with Crippen molar-refractivity contribution in [3.8, 4) is 5.75 Å². The van der Waals surface area contributed by atoms with Crippen molar-refractivity contribution in [2.24, 2.45) is 0 Å². The molecule has 2 rings (SSSR count). The van der Waals surface area contributed by atoms with Gasteiger partial charge < -0.3 is 14.8 Å². The molecular formula is C12H13NO4. The van der Waals surface area contributed by atoms with E-state index in [1.165, 1.54) is 6.92 Å². The maximum atomic E-state index is 11.9. The number of hydrogen-bond donors (Lipinski definition) is 1. The lowest BCUT2D eigenvalue weighted by molar-refractivity contribution is -0.165. The minimum absolute atomic E-state index is 0.201. The number of fused-ring (bicyclic) bond motifs is 1. The number of anilines is 1. The summed E-state index contributed by atoms with van der Waals surface area (Å²) in [6.45, 7) is 3.28. The topological polar surface area (TPSA) is 64.6 Å². The van der Waals surface area contributed by atoms with Crippen molar-refractivity contribution in [1.82, 2.24) is 0 Å². The van der Waals surface area contributed by atoms with Gasteiger partial charge in [0.2, 0.25) is 0 Å². The van der Waals surface area contributed by atoms with Crippen molar-refractivity contribution in [1.29, 1.82) is 0 Å². The number of benzene rings is 1. The van der Waals surface area contributed by atoms with Crippen LogP contribution >= 0.6 is 0 Å². The second-order valence-electron chi connectivity index (χ2n) is 3.81. The summed E-state index contributed by atoms with van der Waals surface area (Å²) in [7, 11) is 0. The molecule has 1 aromatic rings. The van der Waals surface area contributed by atoms with Crippen molar-refractivity contribution >= 4 is 17.6 Å². The third kappa shape index (κ3) is 1.84. The van der Waals surface area contributed by atoms with E-state index in [0.29, 0.717) is 11.4 Å². The summed E-state index contributed by atoms with van der Waals surface area (Å²) >= 11 is 0. The zero-order valence-electron chi connectivity index (χ0n) is 9.65. The Morgan fingerprint density at radius 2 is 2.18 bits per heavy atom. The summed E-state index contributed by atoms with van der Waals surface area (Å²) in [6, 6.07) is 6.93. The zero-order valence-corrected chi connectivity index (χ0v) is 9.65. The summed E-state index contributed by atoms with van der Waals surface area (Å²) in [6.07, 6.45) is 0. The standard InChI is InChI=1S/C12H13NO4/c1-3-16-11(15)12(2)10(14)13-8-6-4-5-7-9(8)17-12/h4-7H,3H2,1-2H3,(H,13,14)/t12-/m1/s1. The molecular weight excluding hydrogens is 222 g/mol. The van der Waals surface area contributed by atoms with Crippen molar-refractivity contribution in [2.45, 2.75) is 19.4 Å². The van der Waals surface area contributed by atoms with Gasteiger partial charge in [-0.25, -0.2) is 4.79 Å². The number of hydrogen-bond acceptors (Lipinski definition) is 4. The first-order valence-corrected chi connectivity index (χ1v) is 5.34. The van der Waals surface area contributed by atoms with E-state index in [0.717, 1.165) is 0 Å². The minimum Gasteiger partial charge on any atom is -0.464 e. The lowest BCUT2D eigenvalue weighted by Crippen LogP contribution is -2.55. The Hall–Kier alpha value is -2.04. The molecule has 1 aliphatic heterocycles. The van der Waals surface area contributed by atoms with Crippen LogP contribution in [0.5, 0.6) is 5.75 Å². The van der Waals surface area contributed by atoms with E-state index in [2.05, 4.69) is 5.32 Å². The molecule has 1 aliphatic rings. The summed E-state index contributed by atoms with van der Waals surface area (Å²) in [5.41, 5.74) is -1.07. The quantitative estimate of drug-likeness (QED) is 0.620. The fourth-order valence-corrected chi connectivity index (χ4v) is 1.57. The molecule has 90 valence electrons. The van der Waals surface area contributed by atoms with Crippen LogP contribution in [0.25, 0.3) is 0 Å². The van der Waals surface area contributed by atoms with Crippen LogP contribution in [-0.2, 0) is 14.3 Å². The fraction of sp³-hybridized carbons (Fsp3) is 0.333. The zero-order chi connectivity index (χ0) is 12.5. The third-order valence-corrected chi connectivity index (χ3v) is 2.55. The van der Waals surface area contributed by atoms with E-state index in [9.17, 15) is 9.59 Å². The highest BCUT2D eigenvalue weighted by Gasteiger charge is 2.48. The Kier molecular flexibility index (Phi) is 2.75. The molecule has 1 atom stereocenters. The van der Waals surface area contributed by atoms with Crippen LogP contribution < -0.4 is 10.1 Å². The molecule has 1 aromatic carbocycles. The van der Waals surface area contributed by atoms with E-state index in [1.807, 2.05) is 0 Å². The number of esters is 1. The minimum atomic E-state index is -1.62. The monoisotopic (exact) mass is 235 g/mol. The molecule has 1 heterocycles. The van der Waals surface area contributed by atoms with Crippen molar-refractivity contribution < 1.29 is 19.1 Å². The van der Waals surface area contributed by atoms with Gasteiger partial charge in [-0.1, -0.05) is 12.1 Å². The maximum Gasteiger partial charge on any atom is 0.360 e. The second-order valence-corrected chi connectivity index (χ2v) is 3.81. The number of rotatable bonds is 2. The van der Waals surface area contributed by atoms with Crippen molar-refractivity contribution in [3.05, 3.63) is 24.3 Å². The summed E-state index contributed by atoms with van der Waals surface area (Å²) in [5, 5.41) is 2.63. The molecule has 17 heavy (non-hydrogen) atoms. The number of ether oxygens (including phenoxy) is 2. The highest BCUT2D eigenvalue weighted by Crippen LogP contribution is 2.33. The van der Waals surface area contributed by atoms with Gasteiger partial charge in [0.05, 0.1) is 12.3 Å². The first kappa shape index (κ1) is 11.4. The first-order valence-electron chi connectivity index (χ1n) is 5.34. The molecule has 1 N–H and O–H groups in total. The van der Waals surface area contributed by atoms with Crippen LogP contribution in [-0.4, -0.2) is 24.1 Å². The Labute approximate surface area is 98.7 Å². The van der Waals surface area contributed by atoms with Gasteiger partial charge in [-0.2, -0.15) is 0 Å². The highest BCUT2D eigenvalue weighted by atomic mass is 16.6. The highest BCUT2D eigenvalue weighted by molar-refractivity contribution is 6.13. The van der Waals surface area contributed by atoms with Crippen LogP contribution in [0.1, 0.15) is 13.8 Å². The molecule has 0 aromatic heterocycles. The number of para-hydroxylation sites is 2. The molecule has 0 radical (unpaired) electrons. The van der Waals surface area contributed by atoms with Gasteiger partial charge in [0.25, 0.3) is 11.5 Å². The van der Waals surface area contributed by atoms with Gasteiger partial charge in [-0.3, -0.25) is 4.79 Å².